The van der Waals surface area contributed by atoms with Crippen LogP contribution in [0.4, 0.5) is 21.0 Å². The van der Waals surface area contributed by atoms with Gasteiger partial charge in [-0.2, -0.15) is 0 Å². The van der Waals surface area contributed by atoms with Crippen LogP contribution in [0.1, 0.15) is 75.3 Å². The molecule has 17 rings (SSSR count). The number of hydrogen-bond acceptors (Lipinski definition) is 17. The molecule has 9 aliphatic heterocycles. The summed E-state index contributed by atoms with van der Waals surface area (Å²) < 4.78 is 55.4. The largest absolute Gasteiger partial charge is 0.467 e. The van der Waals surface area contributed by atoms with Crippen LogP contribution in [0.2, 0.25) is 0 Å². The van der Waals surface area contributed by atoms with Crippen LogP contribution in [0.5, 0.6) is 23.0 Å². The van der Waals surface area contributed by atoms with Crippen molar-refractivity contribution in [1.82, 2.24) is 9.80 Å². The lowest BCUT2D eigenvalue weighted by Crippen LogP contribution is -2.89. The van der Waals surface area contributed by atoms with Gasteiger partial charge in [0.15, 0.2) is 34.2 Å². The fourth-order valence-corrected chi connectivity index (χ4v) is 19.8. The normalized spacial score (nSPS) is 46.2. The fraction of sp³-hybridized carbons (Fsp3) is 0.667. The van der Waals surface area contributed by atoms with Gasteiger partial charge in [0.05, 0.1) is 39.8 Å². The molecule has 67 heavy (non-hydrogen) atoms. The number of piperidine rings is 2. The molecule has 0 aromatic heterocycles. The van der Waals surface area contributed by atoms with Gasteiger partial charge in [0, 0.05) is 47.8 Å². The smallest absolute Gasteiger partial charge is 0.414 e. The van der Waals surface area contributed by atoms with E-state index in [2.05, 4.69) is 9.80 Å². The van der Waals surface area contributed by atoms with E-state index in [-0.39, 0.29) is 39.3 Å². The van der Waals surface area contributed by atoms with Gasteiger partial charge < -0.3 is 52.8 Å². The van der Waals surface area contributed by atoms with Gasteiger partial charge in [-0.25, -0.2) is 19.2 Å². The third-order valence-corrected chi connectivity index (χ3v) is 20.7. The van der Waals surface area contributed by atoms with Crippen molar-refractivity contribution in [1.29, 1.82) is 0 Å². The number of carbonyl (C=O) groups is 4. The average molecular weight is 925 g/mol. The summed E-state index contributed by atoms with van der Waals surface area (Å²) in [6, 6.07) is 6.81. The van der Waals surface area contributed by atoms with Gasteiger partial charge in [0.1, 0.15) is 23.5 Å². The Balaban J connectivity index is 1.12. The topological polar surface area (TPSA) is 205 Å². The molecule has 19 heteroatoms. The number of rotatable bonds is 2. The van der Waals surface area contributed by atoms with Crippen LogP contribution in [-0.2, 0) is 44.1 Å². The first-order valence-electron chi connectivity index (χ1n) is 23.8. The van der Waals surface area contributed by atoms with Gasteiger partial charge in [-0.15, -0.1) is 0 Å². The molecule has 6 saturated carbocycles. The number of methoxy groups -OCH3 is 4. The van der Waals surface area contributed by atoms with Crippen LogP contribution in [0.3, 0.4) is 0 Å². The van der Waals surface area contributed by atoms with Crippen molar-refractivity contribution in [3.05, 3.63) is 35.4 Å². The van der Waals surface area contributed by atoms with Gasteiger partial charge in [0.25, 0.3) is 0 Å². The number of ether oxygens (including phenoxy) is 9. The van der Waals surface area contributed by atoms with Crippen molar-refractivity contribution >= 4 is 35.5 Å². The lowest BCUT2D eigenvalue weighted by Gasteiger charge is -2.74. The highest BCUT2D eigenvalue weighted by molar-refractivity contribution is 6.04. The Bertz CT molecular complexity index is 2540. The summed E-state index contributed by atoms with van der Waals surface area (Å²) in [6.07, 6.45) is 1.51. The molecule has 5 saturated heterocycles. The van der Waals surface area contributed by atoms with E-state index in [0.29, 0.717) is 84.3 Å². The molecule has 6 spiro atoms. The number of nitrogens with zero attached hydrogens (tertiary/aromatic N) is 4. The maximum atomic E-state index is 15.2. The van der Waals surface area contributed by atoms with Crippen LogP contribution < -0.4 is 28.7 Å². The molecule has 19 nitrogen and oxygen atoms in total. The average Bonchev–Trinajstić information content (AvgIpc) is 4.21. The zero-order chi connectivity index (χ0) is 45.8. The summed E-state index contributed by atoms with van der Waals surface area (Å²) in [5.74, 6) is -1.72. The van der Waals surface area contributed by atoms with Gasteiger partial charge in [-0.05, 0) is 98.3 Å². The summed E-state index contributed by atoms with van der Waals surface area (Å²) in [6.45, 7) is 1.02. The molecule has 2 aromatic carbocycles. The third-order valence-electron chi connectivity index (χ3n) is 20.7. The summed E-state index contributed by atoms with van der Waals surface area (Å²) >= 11 is 0. The van der Waals surface area contributed by atoms with Crippen LogP contribution in [-0.4, -0.2) is 146 Å². The van der Waals surface area contributed by atoms with Crippen molar-refractivity contribution in [3.8, 4) is 23.0 Å². The van der Waals surface area contributed by atoms with E-state index in [1.807, 2.05) is 24.3 Å². The summed E-state index contributed by atoms with van der Waals surface area (Å²) in [5.41, 5.74) is -10.1. The van der Waals surface area contributed by atoms with Crippen molar-refractivity contribution in [2.24, 2.45) is 22.7 Å². The molecule has 2 aromatic rings. The Labute approximate surface area is 384 Å². The molecule has 354 valence electrons. The molecule has 14 atom stereocenters. The SMILES string of the molecule is COC(=O)N1c2c(ccc3c2OCO3)[C@@]23C4C(OC5C4[C@]46c7ccc8c(c7N(C(=O)OC)[C@@]47CC[C@]4(CCCN5[C@@H]46)C[C@@]7(O)C(=O)OC)OCO8)N4CCC[C@]5(CC[C@]12[C@](O)(C(=O)OC)C5)[C@H]43. The van der Waals surface area contributed by atoms with Gasteiger partial charge in [-0.1, -0.05) is 12.1 Å². The van der Waals surface area contributed by atoms with Gasteiger partial charge >= 0.3 is 24.1 Å². The predicted octanol–water partition coefficient (Wildman–Crippen LogP) is 3.02. The number of anilines is 2. The number of hydrogen-bond donors (Lipinski definition) is 2. The summed E-state index contributed by atoms with van der Waals surface area (Å²) in [7, 11) is 5.12. The quantitative estimate of drug-likeness (QED) is 0.328. The Hall–Kier alpha value is -5.08. The fourth-order valence-electron chi connectivity index (χ4n) is 19.8. The second-order valence-corrected chi connectivity index (χ2v) is 21.7. The van der Waals surface area contributed by atoms with E-state index in [4.69, 9.17) is 42.6 Å². The second-order valence-electron chi connectivity index (χ2n) is 21.7. The highest BCUT2D eigenvalue weighted by atomic mass is 16.7. The first kappa shape index (κ1) is 39.9. The minimum atomic E-state index is -2.30. The minimum Gasteiger partial charge on any atom is -0.467 e. The zero-order valence-electron chi connectivity index (χ0n) is 37.7. The highest BCUT2D eigenvalue weighted by Crippen LogP contribution is 2.87. The molecule has 4 unspecified atom stereocenters. The predicted molar refractivity (Wildman–Crippen MR) is 225 cm³/mol. The van der Waals surface area contributed by atoms with Crippen molar-refractivity contribution in [2.45, 2.75) is 122 Å². The van der Waals surface area contributed by atoms with Crippen LogP contribution in [0, 0.1) is 22.7 Å². The molecule has 9 heterocycles. The van der Waals surface area contributed by atoms with Crippen LogP contribution in [0.15, 0.2) is 24.3 Å². The molecule has 0 radical (unpaired) electrons. The number of carbonyl (C=O) groups excluding carboxylic acids is 4. The standard InChI is InChI=1S/C48H52N4O15/c1-59-37(53)43(57)19-41-11-5-17-49-33-27(47(35(41)49)23-7-9-25-31(65-21-63-25)29(23)51(39(55)61-3)45(43,47)15-13-41)28-34(67-33)50-18-6-12-42-14-16-46(44(58,20-42)38(54)60-2)48(28,36(42)50)24-8-10-26-32(66-22-64-26)30(24)52(46)40(56)62-4/h7-10,27-28,33-36,57-58H,5-6,11-22H2,1-4H3/t27?,28?,33?,34?,35-,36-,41+,42+,43+,44+,45+,46+,47-,48-/m0/s1. The lowest BCUT2D eigenvalue weighted by molar-refractivity contribution is -0.241. The van der Waals surface area contributed by atoms with E-state index in [0.717, 1.165) is 12.8 Å². The van der Waals surface area contributed by atoms with E-state index < -0.39 is 104 Å². The number of esters is 2. The Morgan fingerprint density at radius 2 is 1.01 bits per heavy atom. The van der Waals surface area contributed by atoms with Crippen molar-refractivity contribution < 1.29 is 72.0 Å². The van der Waals surface area contributed by atoms with E-state index >= 15 is 19.2 Å². The van der Waals surface area contributed by atoms with Gasteiger partial charge in [0.2, 0.25) is 13.6 Å². The van der Waals surface area contributed by atoms with Crippen molar-refractivity contribution in [2.75, 3.05) is 64.9 Å². The Kier molecular flexibility index (Phi) is 7.05. The number of amides is 2. The number of aliphatic hydroxyl groups is 2. The molecular formula is C48H52N4O15. The molecule has 2 N–H and O–H groups in total. The first-order chi connectivity index (χ1) is 32.3. The molecule has 11 fully saturated rings. The zero-order valence-corrected chi connectivity index (χ0v) is 37.7. The summed E-state index contributed by atoms with van der Waals surface area (Å²) in [5, 5.41) is 28.1. The Morgan fingerprint density at radius 3 is 1.42 bits per heavy atom. The maximum Gasteiger partial charge on any atom is 0.414 e. The van der Waals surface area contributed by atoms with Gasteiger partial charge in [-0.3, -0.25) is 19.6 Å². The minimum absolute atomic E-state index is 0.0155. The molecule has 6 aliphatic carbocycles. The number of benzene rings is 2. The molecular weight excluding hydrogens is 873 g/mol. The van der Waals surface area contributed by atoms with E-state index in [1.165, 1.54) is 38.2 Å². The Morgan fingerprint density at radius 1 is 0.582 bits per heavy atom. The summed E-state index contributed by atoms with van der Waals surface area (Å²) in [4.78, 5) is 68.4. The first-order valence-corrected chi connectivity index (χ1v) is 23.8. The third kappa shape index (κ3) is 3.53. The second kappa shape index (κ2) is 11.8. The molecule has 4 bridgehead atoms. The molecule has 15 aliphatic rings. The van der Waals surface area contributed by atoms with E-state index in [9.17, 15) is 10.2 Å². The van der Waals surface area contributed by atoms with E-state index in [1.54, 1.807) is 0 Å². The monoisotopic (exact) mass is 924 g/mol. The molecule has 2 amide bonds. The van der Waals surface area contributed by atoms with Crippen LogP contribution in [0.25, 0.3) is 0 Å². The van der Waals surface area contributed by atoms with Crippen molar-refractivity contribution in [3.63, 3.8) is 0 Å². The highest BCUT2D eigenvalue weighted by Gasteiger charge is 2.97. The maximum absolute atomic E-state index is 15.2. The number of fused-ring (bicyclic) bond motifs is 15. The lowest BCUT2D eigenvalue weighted by atomic mass is 9.32. The van der Waals surface area contributed by atoms with Crippen LogP contribution >= 0.6 is 0 Å².